The van der Waals surface area contributed by atoms with Crippen LogP contribution in [0, 0.1) is 5.41 Å². The van der Waals surface area contributed by atoms with Crippen molar-refractivity contribution in [2.24, 2.45) is 5.41 Å². The maximum absolute atomic E-state index is 13.0. The molecule has 0 spiro atoms. The number of nitrogens with zero attached hydrogens (tertiary/aromatic N) is 2. The third-order valence-corrected chi connectivity index (χ3v) is 4.13. The van der Waals surface area contributed by atoms with Crippen molar-refractivity contribution in [2.75, 3.05) is 7.11 Å². The normalized spacial score (nSPS) is 12.5. The second kappa shape index (κ2) is 6.04. The molecule has 5 nitrogen and oxygen atoms in total. The number of rotatable bonds is 3. The molecular weight excluding hydrogens is 304 g/mol. The molecule has 130 valence electrons. The van der Waals surface area contributed by atoms with E-state index >= 15 is 0 Å². The smallest absolute Gasteiger partial charge is 0.255 e. The third-order valence-electron chi connectivity index (χ3n) is 4.13. The molecule has 0 aliphatic rings. The van der Waals surface area contributed by atoms with Crippen LogP contribution in [0.25, 0.3) is 10.9 Å². The monoisotopic (exact) mass is 330 g/mol. The largest absolute Gasteiger partial charge is 0.481 e. The molecule has 0 bridgehead atoms. The zero-order valence-electron chi connectivity index (χ0n) is 15.6. The summed E-state index contributed by atoms with van der Waals surface area (Å²) in [5.41, 5.74) is 0.306. The number of hydrogen-bond donors (Lipinski definition) is 0. The third kappa shape index (κ3) is 3.35. The Balaban J connectivity index is 2.83. The van der Waals surface area contributed by atoms with Crippen molar-refractivity contribution < 1.29 is 9.53 Å². The Morgan fingerprint density at radius 1 is 1.21 bits per heavy atom. The first kappa shape index (κ1) is 18.2. The van der Waals surface area contributed by atoms with Gasteiger partial charge in [-0.2, -0.15) is 0 Å². The Labute approximate surface area is 142 Å². The number of aromatic nitrogens is 2. The van der Waals surface area contributed by atoms with Gasteiger partial charge in [-0.1, -0.05) is 41.5 Å². The van der Waals surface area contributed by atoms with Crippen molar-refractivity contribution in [2.45, 2.75) is 53.5 Å². The molecule has 0 aromatic carbocycles. The van der Waals surface area contributed by atoms with Gasteiger partial charge in [0.05, 0.1) is 24.6 Å². The van der Waals surface area contributed by atoms with Crippen molar-refractivity contribution in [3.8, 4) is 5.88 Å². The van der Waals surface area contributed by atoms with Crippen molar-refractivity contribution in [1.82, 2.24) is 9.55 Å². The summed E-state index contributed by atoms with van der Waals surface area (Å²) >= 11 is 0. The standard InChI is InChI=1S/C19H26N2O3/c1-18(2,3)13-10-12-14(8-9-20-16(12)24-7)21(17(13)23)11-15(22)19(4,5)6/h8-10H,11H2,1-7H3. The van der Waals surface area contributed by atoms with E-state index in [9.17, 15) is 9.59 Å². The summed E-state index contributed by atoms with van der Waals surface area (Å²) in [6.07, 6.45) is 1.59. The van der Waals surface area contributed by atoms with Gasteiger partial charge in [-0.15, -0.1) is 0 Å². The van der Waals surface area contributed by atoms with Crippen LogP contribution in [0.15, 0.2) is 23.1 Å². The summed E-state index contributed by atoms with van der Waals surface area (Å²) in [4.78, 5) is 29.8. The topological polar surface area (TPSA) is 61.2 Å². The SMILES string of the molecule is COc1nccc2c1cc(C(C)(C)C)c(=O)n2CC(=O)C(C)(C)C. The first-order chi connectivity index (χ1) is 11.0. The van der Waals surface area contributed by atoms with Crippen LogP contribution in [0.4, 0.5) is 0 Å². The number of carbonyl (C=O) groups excluding carboxylic acids is 1. The molecule has 2 aromatic heterocycles. The van der Waals surface area contributed by atoms with Gasteiger partial charge >= 0.3 is 0 Å². The lowest BCUT2D eigenvalue weighted by Crippen LogP contribution is -2.35. The number of carbonyl (C=O) groups is 1. The summed E-state index contributed by atoms with van der Waals surface area (Å²) in [6.45, 7) is 11.6. The van der Waals surface area contributed by atoms with Gasteiger partial charge in [-0.3, -0.25) is 9.59 Å². The fourth-order valence-corrected chi connectivity index (χ4v) is 2.51. The summed E-state index contributed by atoms with van der Waals surface area (Å²) in [5, 5.41) is 0.742. The highest BCUT2D eigenvalue weighted by Gasteiger charge is 2.26. The summed E-state index contributed by atoms with van der Waals surface area (Å²) in [5.74, 6) is 0.461. The van der Waals surface area contributed by atoms with Crippen LogP contribution in [0.1, 0.15) is 47.1 Å². The summed E-state index contributed by atoms with van der Waals surface area (Å²) in [7, 11) is 1.55. The number of ketones is 1. The zero-order valence-corrected chi connectivity index (χ0v) is 15.6. The van der Waals surface area contributed by atoms with E-state index in [1.54, 1.807) is 23.9 Å². The molecule has 0 aliphatic carbocycles. The van der Waals surface area contributed by atoms with Gasteiger partial charge in [0.2, 0.25) is 5.88 Å². The van der Waals surface area contributed by atoms with Crippen molar-refractivity contribution >= 4 is 16.7 Å². The van der Waals surface area contributed by atoms with E-state index in [0.29, 0.717) is 17.0 Å². The van der Waals surface area contributed by atoms with Crippen molar-refractivity contribution in [3.05, 3.63) is 34.2 Å². The van der Waals surface area contributed by atoms with Crippen LogP contribution in [0.5, 0.6) is 5.88 Å². The lowest BCUT2D eigenvalue weighted by Gasteiger charge is -2.23. The molecule has 0 amide bonds. The van der Waals surface area contributed by atoms with Gasteiger partial charge in [-0.05, 0) is 17.5 Å². The predicted octanol–water partition coefficient (Wildman–Crippen LogP) is 3.32. The summed E-state index contributed by atoms with van der Waals surface area (Å²) in [6, 6.07) is 3.59. The van der Waals surface area contributed by atoms with E-state index in [1.807, 2.05) is 47.6 Å². The van der Waals surface area contributed by atoms with E-state index in [0.717, 1.165) is 5.39 Å². The number of pyridine rings is 2. The van der Waals surface area contributed by atoms with Crippen molar-refractivity contribution in [1.29, 1.82) is 0 Å². The molecule has 2 heterocycles. The molecule has 0 N–H and O–H groups in total. The van der Waals surface area contributed by atoms with Gasteiger partial charge in [-0.25, -0.2) is 4.98 Å². The van der Waals surface area contributed by atoms with Gasteiger partial charge in [0.25, 0.3) is 5.56 Å². The number of Topliss-reactive ketones (excluding diaryl/α,β-unsaturated/α-hetero) is 1. The van der Waals surface area contributed by atoms with E-state index in [4.69, 9.17) is 4.74 Å². The molecule has 5 heteroatoms. The van der Waals surface area contributed by atoms with E-state index in [-0.39, 0.29) is 23.3 Å². The Morgan fingerprint density at radius 3 is 2.33 bits per heavy atom. The highest BCUT2D eigenvalue weighted by Crippen LogP contribution is 2.28. The minimum Gasteiger partial charge on any atom is -0.481 e. The predicted molar refractivity (Wildman–Crippen MR) is 95.7 cm³/mol. The van der Waals surface area contributed by atoms with Crippen LogP contribution >= 0.6 is 0 Å². The Bertz CT molecular complexity index is 837. The highest BCUT2D eigenvalue weighted by atomic mass is 16.5. The molecule has 2 rings (SSSR count). The number of methoxy groups -OCH3 is 1. The average Bonchev–Trinajstić information content (AvgIpc) is 2.46. The number of fused-ring (bicyclic) bond motifs is 1. The molecule has 0 aliphatic heterocycles. The van der Waals surface area contributed by atoms with Gasteiger partial charge in [0.15, 0.2) is 5.78 Å². The van der Waals surface area contributed by atoms with Gasteiger partial charge in [0, 0.05) is 17.2 Å². The Morgan fingerprint density at radius 2 is 1.83 bits per heavy atom. The van der Waals surface area contributed by atoms with Crippen LogP contribution in [0.2, 0.25) is 0 Å². The second-order valence-electron chi connectivity index (χ2n) is 8.13. The van der Waals surface area contributed by atoms with E-state index in [2.05, 4.69) is 4.98 Å². The fourth-order valence-electron chi connectivity index (χ4n) is 2.51. The highest BCUT2D eigenvalue weighted by molar-refractivity contribution is 5.88. The van der Waals surface area contributed by atoms with Crippen LogP contribution in [-0.2, 0) is 16.8 Å². The minimum absolute atomic E-state index is 0.00717. The molecule has 24 heavy (non-hydrogen) atoms. The molecule has 0 saturated carbocycles. The first-order valence-corrected chi connectivity index (χ1v) is 8.07. The van der Waals surface area contributed by atoms with Crippen LogP contribution < -0.4 is 10.3 Å². The first-order valence-electron chi connectivity index (χ1n) is 8.07. The molecule has 0 saturated heterocycles. The fraction of sp³-hybridized carbons (Fsp3) is 0.526. The van der Waals surface area contributed by atoms with E-state index < -0.39 is 5.41 Å². The average molecular weight is 330 g/mol. The molecule has 0 fully saturated rings. The van der Waals surface area contributed by atoms with Gasteiger partial charge in [0.1, 0.15) is 0 Å². The summed E-state index contributed by atoms with van der Waals surface area (Å²) < 4.78 is 6.90. The molecule has 0 atom stereocenters. The minimum atomic E-state index is -0.513. The van der Waals surface area contributed by atoms with E-state index in [1.165, 1.54) is 0 Å². The molecule has 0 radical (unpaired) electrons. The van der Waals surface area contributed by atoms with Crippen LogP contribution in [-0.4, -0.2) is 22.4 Å². The quantitative estimate of drug-likeness (QED) is 0.866. The molecule has 0 unspecified atom stereocenters. The van der Waals surface area contributed by atoms with Gasteiger partial charge < -0.3 is 9.30 Å². The Kier molecular flexibility index (Phi) is 4.57. The second-order valence-corrected chi connectivity index (χ2v) is 8.13. The zero-order chi connectivity index (χ0) is 18.3. The van der Waals surface area contributed by atoms with Crippen molar-refractivity contribution in [3.63, 3.8) is 0 Å². The number of hydrogen-bond acceptors (Lipinski definition) is 4. The lowest BCUT2D eigenvalue weighted by atomic mass is 9.87. The Hall–Kier alpha value is -2.17. The molecule has 2 aromatic rings. The number of ether oxygens (including phenoxy) is 1. The maximum Gasteiger partial charge on any atom is 0.255 e. The van der Waals surface area contributed by atoms with Crippen LogP contribution in [0.3, 0.4) is 0 Å². The molecular formula is C19H26N2O3. The lowest BCUT2D eigenvalue weighted by molar-refractivity contribution is -0.126. The maximum atomic E-state index is 13.0.